The highest BCUT2D eigenvalue weighted by Gasteiger charge is 2.10. The van der Waals surface area contributed by atoms with Gasteiger partial charge >= 0.3 is 0 Å². The van der Waals surface area contributed by atoms with E-state index in [0.717, 1.165) is 0 Å². The first-order chi connectivity index (χ1) is 4.09. The summed E-state index contributed by atoms with van der Waals surface area (Å²) in [4.78, 5) is 29.9. The van der Waals surface area contributed by atoms with E-state index in [4.69, 9.17) is 0 Å². The molecule has 0 radical (unpaired) electrons. The fourth-order valence-electron chi connectivity index (χ4n) is 0.274. The van der Waals surface area contributed by atoms with E-state index >= 15 is 0 Å². The van der Waals surface area contributed by atoms with Gasteiger partial charge in [0.1, 0.15) is 5.97 Å². The summed E-state index contributed by atoms with van der Waals surface area (Å²) < 4.78 is 0. The second-order valence-corrected chi connectivity index (χ2v) is 1.39. The second kappa shape index (κ2) is 2.96. The van der Waals surface area contributed by atoms with Crippen LogP contribution < -0.4 is 5.11 Å². The molecule has 0 heterocycles. The third-order valence-electron chi connectivity index (χ3n) is 0.760. The summed E-state index contributed by atoms with van der Waals surface area (Å²) in [6.07, 6.45) is -0.0905. The van der Waals surface area contributed by atoms with E-state index in [0.29, 0.717) is 0 Å². The Balaban J connectivity index is 4.05. The highest BCUT2D eigenvalue weighted by Crippen LogP contribution is 1.80. The second-order valence-electron chi connectivity index (χ2n) is 1.39. The summed E-state index contributed by atoms with van der Waals surface area (Å²) in [6.45, 7) is 1.41. The SMILES string of the molecule is CCC(=O)C(=O)C(=O)[O-]. The zero-order valence-electron chi connectivity index (χ0n) is 4.84. The molecule has 0 aromatic carbocycles. The number of ketones is 2. The van der Waals surface area contributed by atoms with Crippen molar-refractivity contribution in [3.8, 4) is 0 Å². The minimum atomic E-state index is -1.93. The van der Waals surface area contributed by atoms with Gasteiger partial charge in [-0.15, -0.1) is 0 Å². The molecule has 0 atom stereocenters. The van der Waals surface area contributed by atoms with Gasteiger partial charge in [-0.25, -0.2) is 0 Å². The zero-order valence-corrected chi connectivity index (χ0v) is 4.84. The molecule has 4 nitrogen and oxygen atoms in total. The molecule has 9 heavy (non-hydrogen) atoms. The van der Waals surface area contributed by atoms with Crippen LogP contribution in [0.2, 0.25) is 0 Å². The number of carbonyl (C=O) groups is 3. The van der Waals surface area contributed by atoms with Crippen LogP contribution in [0.5, 0.6) is 0 Å². The Morgan fingerprint density at radius 1 is 1.33 bits per heavy atom. The van der Waals surface area contributed by atoms with Gasteiger partial charge in [0, 0.05) is 6.42 Å². The molecular formula is C5H5O4-. The van der Waals surface area contributed by atoms with Crippen molar-refractivity contribution >= 4 is 17.5 Å². The van der Waals surface area contributed by atoms with Crippen LogP contribution >= 0.6 is 0 Å². The molecule has 0 rings (SSSR count). The van der Waals surface area contributed by atoms with Crippen LogP contribution in [0.4, 0.5) is 0 Å². The Kier molecular flexibility index (Phi) is 2.57. The van der Waals surface area contributed by atoms with Crippen LogP contribution in [0.25, 0.3) is 0 Å². The summed E-state index contributed by atoms with van der Waals surface area (Å²) >= 11 is 0. The van der Waals surface area contributed by atoms with Gasteiger partial charge in [0.05, 0.1) is 0 Å². The van der Waals surface area contributed by atoms with Crippen molar-refractivity contribution in [1.82, 2.24) is 0 Å². The molecule has 0 N–H and O–H groups in total. The number of carboxylic acids is 1. The molecule has 0 spiro atoms. The van der Waals surface area contributed by atoms with E-state index in [9.17, 15) is 19.5 Å². The number of Topliss-reactive ketones (excluding diaryl/α,β-unsaturated/α-hetero) is 2. The Labute approximate surface area is 51.5 Å². The quantitative estimate of drug-likeness (QED) is 0.335. The van der Waals surface area contributed by atoms with Crippen molar-refractivity contribution in [3.05, 3.63) is 0 Å². The maximum absolute atomic E-state index is 10.2. The zero-order chi connectivity index (χ0) is 7.44. The third kappa shape index (κ3) is 2.03. The van der Waals surface area contributed by atoms with Crippen molar-refractivity contribution in [2.24, 2.45) is 0 Å². The molecule has 0 aliphatic heterocycles. The van der Waals surface area contributed by atoms with Gasteiger partial charge in [-0.2, -0.15) is 0 Å². The van der Waals surface area contributed by atoms with E-state index < -0.39 is 17.5 Å². The Bertz CT molecular complexity index is 158. The molecule has 0 saturated heterocycles. The monoisotopic (exact) mass is 129 g/mol. The first kappa shape index (κ1) is 7.81. The molecule has 4 heteroatoms. The van der Waals surface area contributed by atoms with Crippen LogP contribution in [0.1, 0.15) is 13.3 Å². The maximum Gasteiger partial charge on any atom is 0.243 e. The number of aliphatic carboxylic acids is 1. The molecular weight excluding hydrogens is 124 g/mol. The average molecular weight is 129 g/mol. The maximum atomic E-state index is 10.2. The summed E-state index contributed by atoms with van der Waals surface area (Å²) in [5.41, 5.74) is 0. The summed E-state index contributed by atoms with van der Waals surface area (Å²) in [6, 6.07) is 0. The normalized spacial score (nSPS) is 8.56. The van der Waals surface area contributed by atoms with Gasteiger partial charge in [-0.3, -0.25) is 9.59 Å². The number of hydrogen-bond acceptors (Lipinski definition) is 4. The fraction of sp³-hybridized carbons (Fsp3) is 0.400. The van der Waals surface area contributed by atoms with Crippen LogP contribution in [-0.4, -0.2) is 17.5 Å². The topological polar surface area (TPSA) is 74.3 Å². The minimum Gasteiger partial charge on any atom is -0.541 e. The van der Waals surface area contributed by atoms with Crippen molar-refractivity contribution in [1.29, 1.82) is 0 Å². The van der Waals surface area contributed by atoms with Crippen LogP contribution in [-0.2, 0) is 14.4 Å². The highest BCUT2D eigenvalue weighted by molar-refractivity contribution is 6.61. The van der Waals surface area contributed by atoms with E-state index in [2.05, 4.69) is 0 Å². The van der Waals surface area contributed by atoms with Crippen molar-refractivity contribution in [2.75, 3.05) is 0 Å². The van der Waals surface area contributed by atoms with E-state index in [-0.39, 0.29) is 6.42 Å². The molecule has 0 amide bonds. The van der Waals surface area contributed by atoms with Crippen LogP contribution in [0, 0.1) is 0 Å². The predicted molar refractivity (Wildman–Crippen MR) is 25.3 cm³/mol. The van der Waals surface area contributed by atoms with Crippen molar-refractivity contribution in [2.45, 2.75) is 13.3 Å². The Morgan fingerprint density at radius 2 is 1.78 bits per heavy atom. The minimum absolute atomic E-state index is 0.0905. The summed E-state index contributed by atoms with van der Waals surface area (Å²) in [5.74, 6) is -4.30. The summed E-state index contributed by atoms with van der Waals surface area (Å²) in [7, 11) is 0. The van der Waals surface area contributed by atoms with Gasteiger partial charge in [0.25, 0.3) is 0 Å². The lowest BCUT2D eigenvalue weighted by Gasteiger charge is -1.94. The number of carboxylic acid groups (broad SMARTS) is 1. The van der Waals surface area contributed by atoms with Crippen molar-refractivity contribution < 1.29 is 19.5 Å². The van der Waals surface area contributed by atoms with Gasteiger partial charge in [-0.1, -0.05) is 6.92 Å². The largest absolute Gasteiger partial charge is 0.541 e. The Morgan fingerprint density at radius 3 is 1.89 bits per heavy atom. The molecule has 0 aliphatic rings. The van der Waals surface area contributed by atoms with Gasteiger partial charge in [-0.05, 0) is 0 Å². The van der Waals surface area contributed by atoms with E-state index in [1.54, 1.807) is 0 Å². The molecule has 0 aromatic rings. The number of carbonyl (C=O) groups excluding carboxylic acids is 3. The van der Waals surface area contributed by atoms with E-state index in [1.165, 1.54) is 6.92 Å². The fourth-order valence-corrected chi connectivity index (χ4v) is 0.274. The molecule has 0 bridgehead atoms. The lowest BCUT2D eigenvalue weighted by molar-refractivity contribution is -0.299. The predicted octanol–water partition coefficient (Wildman–Crippen LogP) is -1.72. The first-order valence-corrected chi connectivity index (χ1v) is 2.38. The van der Waals surface area contributed by atoms with Crippen molar-refractivity contribution in [3.63, 3.8) is 0 Å². The molecule has 50 valence electrons. The lowest BCUT2D eigenvalue weighted by Crippen LogP contribution is -2.36. The smallest absolute Gasteiger partial charge is 0.243 e. The Hall–Kier alpha value is -1.19. The van der Waals surface area contributed by atoms with Crippen LogP contribution in [0.3, 0.4) is 0 Å². The molecule has 0 aromatic heterocycles. The molecule has 0 unspecified atom stereocenters. The third-order valence-corrected chi connectivity index (χ3v) is 0.760. The lowest BCUT2D eigenvalue weighted by atomic mass is 10.2. The molecule has 0 fully saturated rings. The van der Waals surface area contributed by atoms with Crippen LogP contribution in [0.15, 0.2) is 0 Å². The molecule has 0 aliphatic carbocycles. The average Bonchev–Trinajstić information content (AvgIpc) is 1.84. The van der Waals surface area contributed by atoms with Gasteiger partial charge in [0.15, 0.2) is 0 Å². The van der Waals surface area contributed by atoms with Gasteiger partial charge < -0.3 is 9.90 Å². The number of rotatable bonds is 3. The summed E-state index contributed by atoms with van der Waals surface area (Å²) in [5, 5.41) is 9.62. The number of hydrogen-bond donors (Lipinski definition) is 0. The standard InChI is InChI=1S/C5H6O4/c1-2-3(6)4(7)5(8)9/h2H2,1H3,(H,8,9)/p-1. The van der Waals surface area contributed by atoms with E-state index in [1.807, 2.05) is 0 Å². The highest BCUT2D eigenvalue weighted by atomic mass is 16.4. The first-order valence-electron chi connectivity index (χ1n) is 2.38. The molecule has 0 saturated carbocycles. The van der Waals surface area contributed by atoms with Gasteiger partial charge in [0.2, 0.25) is 11.6 Å².